The number of hydrogen-bond acceptors (Lipinski definition) is 2. The summed E-state index contributed by atoms with van der Waals surface area (Å²) in [6, 6.07) is 12.9. The molecule has 2 rings (SSSR count). The summed E-state index contributed by atoms with van der Waals surface area (Å²) >= 11 is 1.52. The molecular weight excluding hydrogens is 245 g/mol. The van der Waals surface area contributed by atoms with Crippen LogP contribution in [0.15, 0.2) is 52.3 Å². The first-order valence-corrected chi connectivity index (χ1v) is 6.70. The normalized spacial score (nSPS) is 10.9. The van der Waals surface area contributed by atoms with Gasteiger partial charge in [0.25, 0.3) is 0 Å². The van der Waals surface area contributed by atoms with E-state index >= 15 is 0 Å². The molecule has 18 heavy (non-hydrogen) atoms. The standard InChI is InChI=1S/C15H16FNS/c1-10(2)11-3-5-14(6-4-11)18-15-8-12(16)7-13(17)9-15/h3-10H,17H2,1-2H3. The van der Waals surface area contributed by atoms with Crippen LogP contribution in [0.1, 0.15) is 25.3 Å². The van der Waals surface area contributed by atoms with Crippen LogP contribution in [0.4, 0.5) is 10.1 Å². The molecule has 3 heteroatoms. The van der Waals surface area contributed by atoms with E-state index in [0.29, 0.717) is 11.6 Å². The van der Waals surface area contributed by atoms with Crippen molar-refractivity contribution in [3.8, 4) is 0 Å². The van der Waals surface area contributed by atoms with E-state index in [1.807, 2.05) is 0 Å². The molecule has 0 spiro atoms. The van der Waals surface area contributed by atoms with Crippen molar-refractivity contribution in [2.24, 2.45) is 0 Å². The lowest BCUT2D eigenvalue weighted by molar-refractivity contribution is 0.625. The Morgan fingerprint density at radius 1 is 1.00 bits per heavy atom. The van der Waals surface area contributed by atoms with Gasteiger partial charge in [-0.25, -0.2) is 4.39 Å². The average molecular weight is 261 g/mol. The van der Waals surface area contributed by atoms with Crippen molar-refractivity contribution in [1.29, 1.82) is 0 Å². The van der Waals surface area contributed by atoms with E-state index in [-0.39, 0.29) is 5.82 Å². The van der Waals surface area contributed by atoms with Gasteiger partial charge in [-0.15, -0.1) is 0 Å². The third-order valence-electron chi connectivity index (χ3n) is 2.68. The van der Waals surface area contributed by atoms with E-state index in [9.17, 15) is 4.39 Å². The molecule has 2 aromatic rings. The molecule has 0 saturated heterocycles. The molecule has 94 valence electrons. The molecule has 0 fully saturated rings. The van der Waals surface area contributed by atoms with E-state index in [4.69, 9.17) is 5.73 Å². The molecule has 2 aromatic carbocycles. The van der Waals surface area contributed by atoms with Crippen LogP contribution < -0.4 is 5.73 Å². The second-order valence-electron chi connectivity index (χ2n) is 4.55. The second kappa shape index (κ2) is 5.44. The van der Waals surface area contributed by atoms with Crippen molar-refractivity contribution in [2.75, 3.05) is 5.73 Å². The zero-order chi connectivity index (χ0) is 13.1. The van der Waals surface area contributed by atoms with Crippen LogP contribution in [0.2, 0.25) is 0 Å². The van der Waals surface area contributed by atoms with Gasteiger partial charge in [0.1, 0.15) is 5.82 Å². The predicted octanol–water partition coefficient (Wildman–Crippen LogP) is 4.68. The van der Waals surface area contributed by atoms with Gasteiger partial charge in [0.15, 0.2) is 0 Å². The Hall–Kier alpha value is -1.48. The first kappa shape index (κ1) is 13.0. The van der Waals surface area contributed by atoms with E-state index in [2.05, 4.69) is 38.1 Å². The number of anilines is 1. The SMILES string of the molecule is CC(C)c1ccc(Sc2cc(N)cc(F)c2)cc1. The summed E-state index contributed by atoms with van der Waals surface area (Å²) in [6.07, 6.45) is 0. The second-order valence-corrected chi connectivity index (χ2v) is 5.69. The topological polar surface area (TPSA) is 26.0 Å². The monoisotopic (exact) mass is 261 g/mol. The highest BCUT2D eigenvalue weighted by Gasteiger charge is 2.03. The van der Waals surface area contributed by atoms with Crippen LogP contribution in [0.3, 0.4) is 0 Å². The fourth-order valence-corrected chi connectivity index (χ4v) is 2.61. The Kier molecular flexibility index (Phi) is 3.92. The molecule has 0 saturated carbocycles. The van der Waals surface area contributed by atoms with Gasteiger partial charge in [-0.3, -0.25) is 0 Å². The highest BCUT2D eigenvalue weighted by atomic mass is 32.2. The maximum absolute atomic E-state index is 13.2. The number of nitrogen functional groups attached to an aromatic ring is 1. The number of benzene rings is 2. The maximum atomic E-state index is 13.2. The minimum atomic E-state index is -0.295. The van der Waals surface area contributed by atoms with Gasteiger partial charge in [0.05, 0.1) is 0 Å². The van der Waals surface area contributed by atoms with Gasteiger partial charge in [0.2, 0.25) is 0 Å². The van der Waals surface area contributed by atoms with Crippen LogP contribution in [-0.4, -0.2) is 0 Å². The number of hydrogen-bond donors (Lipinski definition) is 1. The molecule has 0 heterocycles. The van der Waals surface area contributed by atoms with Gasteiger partial charge >= 0.3 is 0 Å². The zero-order valence-electron chi connectivity index (χ0n) is 10.5. The summed E-state index contributed by atoms with van der Waals surface area (Å²) in [5, 5.41) is 0. The van der Waals surface area contributed by atoms with E-state index in [0.717, 1.165) is 9.79 Å². The highest BCUT2D eigenvalue weighted by Crippen LogP contribution is 2.30. The molecule has 0 aliphatic heterocycles. The number of halogens is 1. The number of nitrogens with two attached hydrogens (primary N) is 1. The van der Waals surface area contributed by atoms with Crippen molar-refractivity contribution in [1.82, 2.24) is 0 Å². The van der Waals surface area contributed by atoms with E-state index < -0.39 is 0 Å². The van der Waals surface area contributed by atoms with Crippen LogP contribution in [-0.2, 0) is 0 Å². The van der Waals surface area contributed by atoms with E-state index in [1.54, 1.807) is 6.07 Å². The minimum Gasteiger partial charge on any atom is -0.399 e. The molecule has 0 amide bonds. The molecule has 0 aliphatic rings. The molecule has 0 bridgehead atoms. The van der Waals surface area contributed by atoms with Crippen LogP contribution in [0, 0.1) is 5.82 Å². The Bertz CT molecular complexity index is 514. The fourth-order valence-electron chi connectivity index (χ4n) is 1.70. The van der Waals surface area contributed by atoms with Crippen molar-refractivity contribution in [2.45, 2.75) is 29.6 Å². The first-order chi connectivity index (χ1) is 8.54. The predicted molar refractivity (Wildman–Crippen MR) is 75.5 cm³/mol. The van der Waals surface area contributed by atoms with Crippen LogP contribution >= 0.6 is 11.8 Å². The Morgan fingerprint density at radius 2 is 1.67 bits per heavy atom. The zero-order valence-corrected chi connectivity index (χ0v) is 11.3. The molecular formula is C15H16FNS. The van der Waals surface area contributed by atoms with Crippen molar-refractivity contribution >= 4 is 17.4 Å². The quantitative estimate of drug-likeness (QED) is 0.812. The highest BCUT2D eigenvalue weighted by molar-refractivity contribution is 7.99. The van der Waals surface area contributed by atoms with Crippen molar-refractivity contribution < 1.29 is 4.39 Å². The first-order valence-electron chi connectivity index (χ1n) is 5.88. The maximum Gasteiger partial charge on any atom is 0.126 e. The van der Waals surface area contributed by atoms with Gasteiger partial charge in [-0.2, -0.15) is 0 Å². The molecule has 0 aromatic heterocycles. The third kappa shape index (κ3) is 3.26. The lowest BCUT2D eigenvalue weighted by atomic mass is 10.0. The van der Waals surface area contributed by atoms with Crippen molar-refractivity contribution in [3.05, 3.63) is 53.8 Å². The lowest BCUT2D eigenvalue weighted by Crippen LogP contribution is -1.88. The van der Waals surface area contributed by atoms with Crippen LogP contribution in [0.5, 0.6) is 0 Å². The Morgan fingerprint density at radius 3 is 2.22 bits per heavy atom. The molecule has 0 aliphatic carbocycles. The summed E-state index contributed by atoms with van der Waals surface area (Å²) in [6.45, 7) is 4.32. The largest absolute Gasteiger partial charge is 0.399 e. The molecule has 1 nitrogen and oxygen atoms in total. The van der Waals surface area contributed by atoms with Gasteiger partial charge in [-0.1, -0.05) is 37.7 Å². The van der Waals surface area contributed by atoms with Crippen molar-refractivity contribution in [3.63, 3.8) is 0 Å². The summed E-state index contributed by atoms with van der Waals surface area (Å²) in [4.78, 5) is 1.91. The minimum absolute atomic E-state index is 0.295. The third-order valence-corrected chi connectivity index (χ3v) is 3.66. The van der Waals surface area contributed by atoms with Gasteiger partial charge in [-0.05, 0) is 41.8 Å². The average Bonchev–Trinajstić information content (AvgIpc) is 2.28. The fraction of sp³-hybridized carbons (Fsp3) is 0.200. The molecule has 0 radical (unpaired) electrons. The summed E-state index contributed by atoms with van der Waals surface area (Å²) in [7, 11) is 0. The summed E-state index contributed by atoms with van der Waals surface area (Å²) < 4.78 is 13.2. The Balaban J connectivity index is 2.18. The lowest BCUT2D eigenvalue weighted by Gasteiger charge is -2.07. The molecule has 2 N–H and O–H groups in total. The summed E-state index contributed by atoms with van der Waals surface area (Å²) in [5.74, 6) is 0.227. The Labute approximate surface area is 111 Å². The van der Waals surface area contributed by atoms with E-state index in [1.165, 1.54) is 29.5 Å². The van der Waals surface area contributed by atoms with Crippen LogP contribution in [0.25, 0.3) is 0 Å². The number of rotatable bonds is 3. The van der Waals surface area contributed by atoms with Gasteiger partial charge in [0, 0.05) is 15.5 Å². The van der Waals surface area contributed by atoms with Gasteiger partial charge < -0.3 is 5.73 Å². The summed E-state index contributed by atoms with van der Waals surface area (Å²) in [5.41, 5.74) is 7.38. The molecule has 0 atom stereocenters. The smallest absolute Gasteiger partial charge is 0.126 e. The molecule has 0 unspecified atom stereocenters.